The molecular weight excluding hydrogens is 246 g/mol. The molecule has 0 saturated carbocycles. The van der Waals surface area contributed by atoms with Crippen LogP contribution in [-0.2, 0) is 14.4 Å². The number of carboxylic acid groups (broad SMARTS) is 2. The fraction of sp³-hybridized carbons (Fsp3) is 0.700. The van der Waals surface area contributed by atoms with Crippen LogP contribution in [0.2, 0.25) is 0 Å². The van der Waals surface area contributed by atoms with E-state index in [9.17, 15) is 14.4 Å². The SMILES string of the molecule is O=C(O)CSCC(=O)N1CCCCC1C(=O)O. The molecular formula is C10H15NO5S. The van der Waals surface area contributed by atoms with E-state index in [2.05, 4.69) is 0 Å². The zero-order valence-electron chi connectivity index (χ0n) is 9.29. The molecule has 1 heterocycles. The first kappa shape index (κ1) is 13.8. The van der Waals surface area contributed by atoms with Crippen molar-refractivity contribution in [1.29, 1.82) is 0 Å². The number of likely N-dealkylation sites (tertiary alicyclic amines) is 1. The van der Waals surface area contributed by atoms with Crippen molar-refractivity contribution in [3.63, 3.8) is 0 Å². The summed E-state index contributed by atoms with van der Waals surface area (Å²) in [7, 11) is 0. The summed E-state index contributed by atoms with van der Waals surface area (Å²) in [5, 5.41) is 17.4. The van der Waals surface area contributed by atoms with Crippen molar-refractivity contribution in [2.75, 3.05) is 18.1 Å². The second kappa shape index (κ2) is 6.48. The minimum Gasteiger partial charge on any atom is -0.481 e. The molecule has 0 aromatic carbocycles. The van der Waals surface area contributed by atoms with Crippen molar-refractivity contribution in [2.45, 2.75) is 25.3 Å². The van der Waals surface area contributed by atoms with Gasteiger partial charge in [0.05, 0.1) is 11.5 Å². The molecule has 1 fully saturated rings. The fourth-order valence-electron chi connectivity index (χ4n) is 1.80. The molecule has 17 heavy (non-hydrogen) atoms. The molecule has 1 amide bonds. The lowest BCUT2D eigenvalue weighted by molar-refractivity contribution is -0.151. The lowest BCUT2D eigenvalue weighted by atomic mass is 10.0. The monoisotopic (exact) mass is 261 g/mol. The van der Waals surface area contributed by atoms with Gasteiger partial charge in [0, 0.05) is 6.54 Å². The predicted molar refractivity (Wildman–Crippen MR) is 61.9 cm³/mol. The molecule has 0 aliphatic carbocycles. The van der Waals surface area contributed by atoms with Gasteiger partial charge in [-0.05, 0) is 19.3 Å². The predicted octanol–water partition coefficient (Wildman–Crippen LogP) is 0.270. The highest BCUT2D eigenvalue weighted by Crippen LogP contribution is 2.18. The van der Waals surface area contributed by atoms with Gasteiger partial charge in [0.15, 0.2) is 0 Å². The summed E-state index contributed by atoms with van der Waals surface area (Å²) in [6.07, 6.45) is 2.09. The van der Waals surface area contributed by atoms with Crippen molar-refractivity contribution in [2.24, 2.45) is 0 Å². The standard InChI is InChI=1S/C10H15NO5S/c12-8(5-17-6-9(13)14)11-4-2-1-3-7(11)10(15)16/h7H,1-6H2,(H,13,14)(H,15,16). The summed E-state index contributed by atoms with van der Waals surface area (Å²) in [5.74, 6) is -2.37. The van der Waals surface area contributed by atoms with Crippen LogP contribution in [0.1, 0.15) is 19.3 Å². The third-order valence-electron chi connectivity index (χ3n) is 2.56. The topological polar surface area (TPSA) is 94.9 Å². The maximum atomic E-state index is 11.7. The Hall–Kier alpha value is -1.24. The summed E-state index contributed by atoms with van der Waals surface area (Å²) in [6, 6.07) is -0.748. The quantitative estimate of drug-likeness (QED) is 0.737. The van der Waals surface area contributed by atoms with Gasteiger partial charge in [-0.15, -0.1) is 11.8 Å². The van der Waals surface area contributed by atoms with E-state index < -0.39 is 18.0 Å². The maximum absolute atomic E-state index is 11.7. The van der Waals surface area contributed by atoms with E-state index in [1.54, 1.807) is 0 Å². The first-order valence-electron chi connectivity index (χ1n) is 5.34. The Bertz CT molecular complexity index is 320. The summed E-state index contributed by atoms with van der Waals surface area (Å²) < 4.78 is 0. The molecule has 6 nitrogen and oxygen atoms in total. The van der Waals surface area contributed by atoms with Crippen LogP contribution in [0.25, 0.3) is 0 Å². The molecule has 1 saturated heterocycles. The number of thioether (sulfide) groups is 1. The van der Waals surface area contributed by atoms with Crippen LogP contribution in [0.5, 0.6) is 0 Å². The van der Waals surface area contributed by atoms with Gasteiger partial charge in [0.25, 0.3) is 0 Å². The second-order valence-corrected chi connectivity index (χ2v) is 4.81. The fourth-order valence-corrected chi connectivity index (χ4v) is 2.41. The Morgan fingerprint density at radius 3 is 2.47 bits per heavy atom. The minimum atomic E-state index is -0.985. The highest BCUT2D eigenvalue weighted by Gasteiger charge is 2.31. The minimum absolute atomic E-state index is 0.0239. The first-order chi connectivity index (χ1) is 8.02. The van der Waals surface area contributed by atoms with Gasteiger partial charge < -0.3 is 15.1 Å². The van der Waals surface area contributed by atoms with Crippen molar-refractivity contribution in [3.05, 3.63) is 0 Å². The highest BCUT2D eigenvalue weighted by molar-refractivity contribution is 8.00. The van der Waals surface area contributed by atoms with Gasteiger partial charge in [-0.2, -0.15) is 0 Å². The summed E-state index contributed by atoms with van der Waals surface area (Å²) >= 11 is 0.993. The van der Waals surface area contributed by atoms with Gasteiger partial charge in [-0.1, -0.05) is 0 Å². The van der Waals surface area contributed by atoms with E-state index in [0.29, 0.717) is 13.0 Å². The maximum Gasteiger partial charge on any atom is 0.326 e. The normalized spacial score (nSPS) is 20.0. The Labute approximate surface area is 103 Å². The molecule has 0 aromatic rings. The van der Waals surface area contributed by atoms with Crippen molar-refractivity contribution >= 4 is 29.6 Å². The lowest BCUT2D eigenvalue weighted by Crippen LogP contribution is -2.48. The number of hydrogen-bond acceptors (Lipinski definition) is 4. The molecule has 2 N–H and O–H groups in total. The Balaban J connectivity index is 2.47. The van der Waals surface area contributed by atoms with Gasteiger partial charge in [0.1, 0.15) is 6.04 Å². The van der Waals surface area contributed by atoms with E-state index in [-0.39, 0.29) is 17.4 Å². The highest BCUT2D eigenvalue weighted by atomic mass is 32.2. The van der Waals surface area contributed by atoms with Crippen molar-refractivity contribution in [1.82, 2.24) is 4.90 Å². The van der Waals surface area contributed by atoms with Gasteiger partial charge >= 0.3 is 11.9 Å². The summed E-state index contributed by atoms with van der Waals surface area (Å²) in [5.41, 5.74) is 0. The first-order valence-corrected chi connectivity index (χ1v) is 6.49. The second-order valence-electron chi connectivity index (χ2n) is 3.82. The third-order valence-corrected chi connectivity index (χ3v) is 3.46. The molecule has 0 radical (unpaired) electrons. The third kappa shape index (κ3) is 4.26. The van der Waals surface area contributed by atoms with Crippen molar-refractivity contribution < 1.29 is 24.6 Å². The number of aliphatic carboxylic acids is 2. The van der Waals surface area contributed by atoms with Gasteiger partial charge in [-0.3, -0.25) is 9.59 Å². The van der Waals surface area contributed by atoms with E-state index in [1.165, 1.54) is 4.90 Å². The van der Waals surface area contributed by atoms with E-state index >= 15 is 0 Å². The number of carboxylic acids is 2. The number of carbonyl (C=O) groups is 3. The summed E-state index contributed by atoms with van der Waals surface area (Å²) in [4.78, 5) is 34.3. The van der Waals surface area contributed by atoms with Gasteiger partial charge in [0.2, 0.25) is 5.91 Å². The van der Waals surface area contributed by atoms with Crippen LogP contribution < -0.4 is 0 Å². The average molecular weight is 261 g/mol. The van der Waals surface area contributed by atoms with Gasteiger partial charge in [-0.25, -0.2) is 4.79 Å². The number of carbonyl (C=O) groups excluding carboxylic acids is 1. The van der Waals surface area contributed by atoms with Crippen LogP contribution in [0.3, 0.4) is 0 Å². The zero-order chi connectivity index (χ0) is 12.8. The number of piperidine rings is 1. The molecule has 1 unspecified atom stereocenters. The molecule has 96 valence electrons. The Morgan fingerprint density at radius 1 is 1.18 bits per heavy atom. The molecule has 0 spiro atoms. The van der Waals surface area contributed by atoms with Crippen LogP contribution in [-0.4, -0.2) is 57.1 Å². The average Bonchev–Trinajstić information content (AvgIpc) is 2.28. The molecule has 1 aliphatic heterocycles. The lowest BCUT2D eigenvalue weighted by Gasteiger charge is -2.32. The van der Waals surface area contributed by atoms with E-state index in [4.69, 9.17) is 10.2 Å². The van der Waals surface area contributed by atoms with E-state index in [0.717, 1.165) is 24.6 Å². The molecule has 0 aromatic heterocycles. The molecule has 1 rings (SSSR count). The smallest absolute Gasteiger partial charge is 0.326 e. The molecule has 1 aliphatic rings. The van der Waals surface area contributed by atoms with E-state index in [1.807, 2.05) is 0 Å². The van der Waals surface area contributed by atoms with Crippen LogP contribution in [0.15, 0.2) is 0 Å². The Morgan fingerprint density at radius 2 is 1.88 bits per heavy atom. The number of hydrogen-bond donors (Lipinski definition) is 2. The molecule has 1 atom stereocenters. The number of rotatable bonds is 5. The van der Waals surface area contributed by atoms with Crippen molar-refractivity contribution in [3.8, 4) is 0 Å². The van der Waals surface area contributed by atoms with Crippen LogP contribution in [0, 0.1) is 0 Å². The van der Waals surface area contributed by atoms with Crippen LogP contribution in [0.4, 0.5) is 0 Å². The molecule has 0 bridgehead atoms. The Kier molecular flexibility index (Phi) is 5.27. The number of amides is 1. The van der Waals surface area contributed by atoms with Crippen LogP contribution >= 0.6 is 11.8 Å². The summed E-state index contributed by atoms with van der Waals surface area (Å²) in [6.45, 7) is 0.448. The largest absolute Gasteiger partial charge is 0.481 e. The number of nitrogens with zero attached hydrogens (tertiary/aromatic N) is 1. The molecule has 7 heteroatoms. The zero-order valence-corrected chi connectivity index (χ0v) is 10.1.